The third-order valence-corrected chi connectivity index (χ3v) is 6.05. The molecule has 144 valence electrons. The van der Waals surface area contributed by atoms with Crippen LogP contribution in [0.4, 0.5) is 0 Å². The molecule has 27 heavy (non-hydrogen) atoms. The summed E-state index contributed by atoms with van der Waals surface area (Å²) in [6.07, 6.45) is 4.33. The van der Waals surface area contributed by atoms with Gasteiger partial charge < -0.3 is 14.4 Å². The Morgan fingerprint density at radius 1 is 1.15 bits per heavy atom. The van der Waals surface area contributed by atoms with Crippen LogP contribution in [0.5, 0.6) is 11.5 Å². The SMILES string of the molecule is COc1ccc(CC(=O)N2CCC(CSc3ccccn3)CC2)cc1OC. The maximum Gasteiger partial charge on any atom is 0.226 e. The van der Waals surface area contributed by atoms with Gasteiger partial charge in [-0.2, -0.15) is 0 Å². The highest BCUT2D eigenvalue weighted by atomic mass is 32.2. The van der Waals surface area contributed by atoms with Crippen LogP contribution in [0.2, 0.25) is 0 Å². The van der Waals surface area contributed by atoms with E-state index in [2.05, 4.69) is 4.98 Å². The lowest BCUT2D eigenvalue weighted by Crippen LogP contribution is -2.39. The van der Waals surface area contributed by atoms with E-state index in [1.165, 1.54) is 0 Å². The number of carbonyl (C=O) groups excluding carboxylic acids is 1. The van der Waals surface area contributed by atoms with Crippen LogP contribution in [0, 0.1) is 5.92 Å². The number of amides is 1. The first-order chi connectivity index (χ1) is 13.2. The third kappa shape index (κ3) is 5.39. The van der Waals surface area contributed by atoms with Gasteiger partial charge in [0.2, 0.25) is 5.91 Å². The molecule has 0 aliphatic carbocycles. The predicted molar refractivity (Wildman–Crippen MR) is 108 cm³/mol. The van der Waals surface area contributed by atoms with Gasteiger partial charge in [-0.25, -0.2) is 4.98 Å². The number of hydrogen-bond acceptors (Lipinski definition) is 5. The summed E-state index contributed by atoms with van der Waals surface area (Å²) in [5.74, 6) is 3.22. The van der Waals surface area contributed by atoms with Gasteiger partial charge in [0.1, 0.15) is 0 Å². The first-order valence-corrected chi connectivity index (χ1v) is 10.2. The van der Waals surface area contributed by atoms with Crippen molar-refractivity contribution in [1.29, 1.82) is 0 Å². The van der Waals surface area contributed by atoms with Crippen molar-refractivity contribution in [3.05, 3.63) is 48.2 Å². The van der Waals surface area contributed by atoms with Crippen LogP contribution in [0.25, 0.3) is 0 Å². The van der Waals surface area contributed by atoms with E-state index in [1.807, 2.05) is 47.5 Å². The fourth-order valence-electron chi connectivity index (χ4n) is 3.26. The molecule has 1 aromatic carbocycles. The van der Waals surface area contributed by atoms with Crippen LogP contribution in [0.3, 0.4) is 0 Å². The van der Waals surface area contributed by atoms with E-state index in [4.69, 9.17) is 9.47 Å². The number of carbonyl (C=O) groups is 1. The van der Waals surface area contributed by atoms with Gasteiger partial charge in [0.05, 0.1) is 25.7 Å². The molecule has 6 heteroatoms. The Morgan fingerprint density at radius 3 is 2.59 bits per heavy atom. The fourth-order valence-corrected chi connectivity index (χ4v) is 4.31. The number of benzene rings is 1. The summed E-state index contributed by atoms with van der Waals surface area (Å²) in [7, 11) is 3.22. The topological polar surface area (TPSA) is 51.7 Å². The normalized spacial score (nSPS) is 14.8. The van der Waals surface area contributed by atoms with E-state index in [0.717, 1.165) is 42.3 Å². The first kappa shape index (κ1) is 19.5. The number of nitrogens with zero attached hydrogens (tertiary/aromatic N) is 2. The molecule has 0 bridgehead atoms. The largest absolute Gasteiger partial charge is 0.493 e. The quantitative estimate of drug-likeness (QED) is 0.680. The van der Waals surface area contributed by atoms with Gasteiger partial charge in [-0.3, -0.25) is 4.79 Å². The average Bonchev–Trinajstić information content (AvgIpc) is 2.73. The monoisotopic (exact) mass is 386 g/mol. The van der Waals surface area contributed by atoms with Crippen LogP contribution in [-0.2, 0) is 11.2 Å². The molecule has 0 spiro atoms. The molecule has 0 N–H and O–H groups in total. The lowest BCUT2D eigenvalue weighted by Gasteiger charge is -2.32. The fraction of sp³-hybridized carbons (Fsp3) is 0.429. The van der Waals surface area contributed by atoms with Crippen LogP contribution < -0.4 is 9.47 Å². The maximum atomic E-state index is 12.6. The average molecular weight is 387 g/mol. The standard InChI is InChI=1S/C21H26N2O3S/c1-25-18-7-6-17(13-19(18)26-2)14-21(24)23-11-8-16(9-12-23)15-27-20-5-3-4-10-22-20/h3-7,10,13,16H,8-9,11-12,14-15H2,1-2H3. The van der Waals surface area contributed by atoms with Crippen molar-refractivity contribution in [2.75, 3.05) is 33.1 Å². The Hall–Kier alpha value is -2.21. The highest BCUT2D eigenvalue weighted by molar-refractivity contribution is 7.99. The van der Waals surface area contributed by atoms with Gasteiger partial charge in [0.25, 0.3) is 0 Å². The molecule has 2 heterocycles. The molecule has 0 radical (unpaired) electrons. The number of methoxy groups -OCH3 is 2. The van der Waals surface area contributed by atoms with Crippen LogP contribution >= 0.6 is 11.8 Å². The van der Waals surface area contributed by atoms with E-state index in [9.17, 15) is 4.79 Å². The number of thioether (sulfide) groups is 1. The Bertz CT molecular complexity index is 746. The number of ether oxygens (including phenoxy) is 2. The summed E-state index contributed by atoms with van der Waals surface area (Å²) in [6, 6.07) is 11.7. The Labute approximate surface area is 165 Å². The molecule has 5 nitrogen and oxygen atoms in total. The van der Waals surface area contributed by atoms with E-state index in [0.29, 0.717) is 23.8 Å². The van der Waals surface area contributed by atoms with Crippen LogP contribution in [-0.4, -0.2) is 48.9 Å². The summed E-state index contributed by atoms with van der Waals surface area (Å²) in [5.41, 5.74) is 0.950. The van der Waals surface area contributed by atoms with Crippen molar-refractivity contribution < 1.29 is 14.3 Å². The lowest BCUT2D eigenvalue weighted by atomic mass is 9.98. The molecule has 1 aliphatic heterocycles. The number of likely N-dealkylation sites (tertiary alicyclic amines) is 1. The second kappa shape index (κ2) is 9.65. The number of pyridine rings is 1. The minimum absolute atomic E-state index is 0.179. The van der Waals surface area contributed by atoms with Crippen molar-refractivity contribution in [2.24, 2.45) is 5.92 Å². The highest BCUT2D eigenvalue weighted by Crippen LogP contribution is 2.29. The van der Waals surface area contributed by atoms with Crippen molar-refractivity contribution in [3.63, 3.8) is 0 Å². The van der Waals surface area contributed by atoms with Crippen molar-refractivity contribution >= 4 is 17.7 Å². The molecular weight excluding hydrogens is 360 g/mol. The molecule has 1 aliphatic rings. The molecule has 0 unspecified atom stereocenters. The number of aromatic nitrogens is 1. The van der Waals surface area contributed by atoms with Crippen LogP contribution in [0.1, 0.15) is 18.4 Å². The Kier molecular flexibility index (Phi) is 6.98. The van der Waals surface area contributed by atoms with Crippen molar-refractivity contribution in [1.82, 2.24) is 9.88 Å². The highest BCUT2D eigenvalue weighted by Gasteiger charge is 2.23. The molecule has 3 rings (SSSR count). The molecule has 1 aromatic heterocycles. The number of rotatable bonds is 7. The maximum absolute atomic E-state index is 12.6. The zero-order valence-electron chi connectivity index (χ0n) is 15.9. The first-order valence-electron chi connectivity index (χ1n) is 9.22. The molecule has 1 saturated heterocycles. The number of hydrogen-bond donors (Lipinski definition) is 0. The van der Waals surface area contributed by atoms with Gasteiger partial charge >= 0.3 is 0 Å². The summed E-state index contributed by atoms with van der Waals surface area (Å²) in [4.78, 5) is 19.0. The van der Waals surface area contributed by atoms with E-state index in [-0.39, 0.29) is 5.91 Å². The van der Waals surface area contributed by atoms with Gasteiger partial charge in [-0.1, -0.05) is 12.1 Å². The smallest absolute Gasteiger partial charge is 0.226 e. The van der Waals surface area contributed by atoms with Gasteiger partial charge in [-0.15, -0.1) is 11.8 Å². The van der Waals surface area contributed by atoms with E-state index < -0.39 is 0 Å². The summed E-state index contributed by atoms with van der Waals surface area (Å²) >= 11 is 1.81. The van der Waals surface area contributed by atoms with Crippen molar-refractivity contribution in [3.8, 4) is 11.5 Å². The minimum atomic E-state index is 0.179. The van der Waals surface area contributed by atoms with Gasteiger partial charge in [0, 0.05) is 25.0 Å². The second-order valence-corrected chi connectivity index (χ2v) is 7.71. The zero-order valence-corrected chi connectivity index (χ0v) is 16.7. The molecule has 0 atom stereocenters. The summed E-state index contributed by atoms with van der Waals surface area (Å²) < 4.78 is 10.6. The second-order valence-electron chi connectivity index (χ2n) is 6.67. The zero-order chi connectivity index (χ0) is 19.1. The predicted octanol–water partition coefficient (Wildman–Crippen LogP) is 3.67. The molecule has 1 amide bonds. The third-order valence-electron chi connectivity index (χ3n) is 4.88. The Morgan fingerprint density at radius 2 is 1.93 bits per heavy atom. The van der Waals surface area contributed by atoms with E-state index >= 15 is 0 Å². The Balaban J connectivity index is 1.47. The van der Waals surface area contributed by atoms with E-state index in [1.54, 1.807) is 26.0 Å². The van der Waals surface area contributed by atoms with Gasteiger partial charge in [-0.05, 0) is 48.6 Å². The van der Waals surface area contributed by atoms with Crippen molar-refractivity contribution in [2.45, 2.75) is 24.3 Å². The van der Waals surface area contributed by atoms with Crippen LogP contribution in [0.15, 0.2) is 47.6 Å². The molecular formula is C21H26N2O3S. The summed E-state index contributed by atoms with van der Waals surface area (Å²) in [6.45, 7) is 1.67. The lowest BCUT2D eigenvalue weighted by molar-refractivity contribution is -0.131. The van der Waals surface area contributed by atoms with Gasteiger partial charge in [0.15, 0.2) is 11.5 Å². The number of piperidine rings is 1. The molecule has 1 fully saturated rings. The molecule has 2 aromatic rings. The molecule has 0 saturated carbocycles. The summed E-state index contributed by atoms with van der Waals surface area (Å²) in [5, 5.41) is 1.07. The minimum Gasteiger partial charge on any atom is -0.493 e.